The summed E-state index contributed by atoms with van der Waals surface area (Å²) in [4.78, 5) is 12.0. The molecular weight excluding hydrogens is 304 g/mol. The fourth-order valence-electron chi connectivity index (χ4n) is 2.55. The number of hydrogen-bond donors (Lipinski definition) is 2. The lowest BCUT2D eigenvalue weighted by molar-refractivity contribution is -0.126. The maximum Gasteiger partial charge on any atom is 0.240 e. The second-order valence-electron chi connectivity index (χ2n) is 5.50. The van der Waals surface area contributed by atoms with Crippen LogP contribution < -0.4 is 20.5 Å². The Morgan fingerprint density at radius 3 is 2.41 bits per heavy atom. The number of amides is 1. The molecule has 0 saturated heterocycles. The van der Waals surface area contributed by atoms with E-state index in [1.807, 2.05) is 24.3 Å². The number of carbonyl (C=O) groups excluding carboxylic acids is 1. The molecule has 22 heavy (non-hydrogen) atoms. The van der Waals surface area contributed by atoms with Crippen molar-refractivity contribution >= 4 is 18.3 Å². The summed E-state index contributed by atoms with van der Waals surface area (Å²) < 4.78 is 10.7. The molecule has 1 aromatic rings. The Morgan fingerprint density at radius 2 is 1.82 bits per heavy atom. The van der Waals surface area contributed by atoms with Crippen LogP contribution in [0.25, 0.3) is 0 Å². The molecule has 1 amide bonds. The van der Waals surface area contributed by atoms with Crippen LogP contribution in [0.3, 0.4) is 0 Å². The van der Waals surface area contributed by atoms with Crippen LogP contribution in [0, 0.1) is 0 Å². The lowest BCUT2D eigenvalue weighted by atomic mass is 9.98. The summed E-state index contributed by atoms with van der Waals surface area (Å²) in [5.74, 6) is 1.58. The zero-order chi connectivity index (χ0) is 15.1. The summed E-state index contributed by atoms with van der Waals surface area (Å²) in [5.41, 5.74) is 5.44. The van der Waals surface area contributed by atoms with Crippen molar-refractivity contribution in [3.05, 3.63) is 24.3 Å². The molecule has 1 fully saturated rings. The van der Waals surface area contributed by atoms with Crippen molar-refractivity contribution < 1.29 is 14.3 Å². The molecule has 0 aliphatic heterocycles. The van der Waals surface area contributed by atoms with Gasteiger partial charge in [-0.15, -0.1) is 12.4 Å². The van der Waals surface area contributed by atoms with Gasteiger partial charge in [0.1, 0.15) is 11.5 Å². The summed E-state index contributed by atoms with van der Waals surface area (Å²) >= 11 is 0. The van der Waals surface area contributed by atoms with E-state index in [2.05, 4.69) is 5.32 Å². The molecule has 0 atom stereocenters. The first kappa shape index (κ1) is 18.6. The van der Waals surface area contributed by atoms with Gasteiger partial charge in [-0.2, -0.15) is 0 Å². The third-order valence-electron chi connectivity index (χ3n) is 3.88. The Hall–Kier alpha value is -1.46. The maximum atomic E-state index is 12.0. The van der Waals surface area contributed by atoms with Gasteiger partial charge in [-0.05, 0) is 43.5 Å². The molecule has 1 aliphatic rings. The molecule has 1 aliphatic carbocycles. The molecule has 124 valence electrons. The number of rotatable bonds is 7. The van der Waals surface area contributed by atoms with Gasteiger partial charge in [-0.25, -0.2) is 0 Å². The highest BCUT2D eigenvalue weighted by Gasteiger charge is 2.36. The zero-order valence-electron chi connectivity index (χ0n) is 13.0. The van der Waals surface area contributed by atoms with E-state index in [1.54, 1.807) is 7.11 Å². The molecule has 2 rings (SSSR count). The molecule has 0 aromatic heterocycles. The molecule has 0 radical (unpaired) electrons. The molecule has 3 N–H and O–H groups in total. The Morgan fingerprint density at radius 1 is 1.23 bits per heavy atom. The van der Waals surface area contributed by atoms with E-state index in [0.29, 0.717) is 13.2 Å². The van der Waals surface area contributed by atoms with Gasteiger partial charge in [0.2, 0.25) is 5.91 Å². The number of nitrogens with one attached hydrogen (secondary N) is 1. The summed E-state index contributed by atoms with van der Waals surface area (Å²) in [5, 5.41) is 2.91. The summed E-state index contributed by atoms with van der Waals surface area (Å²) in [6, 6.07) is 7.44. The van der Waals surface area contributed by atoms with Gasteiger partial charge in [-0.3, -0.25) is 4.79 Å². The first-order valence-electron chi connectivity index (χ1n) is 7.48. The molecule has 5 nitrogen and oxygen atoms in total. The quantitative estimate of drug-likeness (QED) is 0.753. The monoisotopic (exact) mass is 328 g/mol. The molecule has 0 spiro atoms. The van der Waals surface area contributed by atoms with E-state index >= 15 is 0 Å². The molecule has 0 heterocycles. The van der Waals surface area contributed by atoms with Crippen molar-refractivity contribution in [1.29, 1.82) is 0 Å². The van der Waals surface area contributed by atoms with Crippen LogP contribution in [0.4, 0.5) is 0 Å². The molecule has 0 bridgehead atoms. The minimum Gasteiger partial charge on any atom is -0.497 e. The van der Waals surface area contributed by atoms with Gasteiger partial charge in [-0.1, -0.05) is 12.8 Å². The molecule has 0 unspecified atom stereocenters. The number of nitrogens with two attached hydrogens (primary N) is 1. The third-order valence-corrected chi connectivity index (χ3v) is 3.88. The van der Waals surface area contributed by atoms with E-state index in [0.717, 1.165) is 43.6 Å². The fraction of sp³-hybridized carbons (Fsp3) is 0.562. The van der Waals surface area contributed by atoms with E-state index < -0.39 is 5.54 Å². The smallest absolute Gasteiger partial charge is 0.240 e. The standard InChI is InChI=1S/C16H24N2O3.ClH/c1-20-13-5-7-14(8-6-13)21-12-4-11-18-15(19)16(17)9-2-3-10-16;/h5-8H,2-4,9-12,17H2,1H3,(H,18,19);1H. The van der Waals surface area contributed by atoms with Crippen LogP contribution in [0.15, 0.2) is 24.3 Å². The fourth-order valence-corrected chi connectivity index (χ4v) is 2.55. The van der Waals surface area contributed by atoms with Gasteiger partial charge in [0.25, 0.3) is 0 Å². The summed E-state index contributed by atoms with van der Waals surface area (Å²) in [6.45, 7) is 1.15. The van der Waals surface area contributed by atoms with Crippen LogP contribution in [-0.2, 0) is 4.79 Å². The predicted octanol–water partition coefficient (Wildman–Crippen LogP) is 2.27. The van der Waals surface area contributed by atoms with Crippen molar-refractivity contribution in [3.8, 4) is 11.5 Å². The van der Waals surface area contributed by atoms with Gasteiger partial charge in [0, 0.05) is 6.54 Å². The Kier molecular flexibility index (Phi) is 7.48. The average Bonchev–Trinajstić information content (AvgIpc) is 2.95. The molecule has 6 heteroatoms. The lowest BCUT2D eigenvalue weighted by Crippen LogP contribution is -2.52. The first-order chi connectivity index (χ1) is 10.1. The zero-order valence-corrected chi connectivity index (χ0v) is 13.8. The Bertz CT molecular complexity index is 459. The number of hydrogen-bond acceptors (Lipinski definition) is 4. The Labute approximate surface area is 138 Å². The van der Waals surface area contributed by atoms with Crippen LogP contribution in [0.5, 0.6) is 11.5 Å². The first-order valence-corrected chi connectivity index (χ1v) is 7.48. The van der Waals surface area contributed by atoms with Crippen molar-refractivity contribution in [2.45, 2.75) is 37.6 Å². The van der Waals surface area contributed by atoms with E-state index in [4.69, 9.17) is 15.2 Å². The van der Waals surface area contributed by atoms with Gasteiger partial charge < -0.3 is 20.5 Å². The van der Waals surface area contributed by atoms with Crippen LogP contribution >= 0.6 is 12.4 Å². The van der Waals surface area contributed by atoms with Gasteiger partial charge in [0.05, 0.1) is 19.3 Å². The highest BCUT2D eigenvalue weighted by molar-refractivity contribution is 5.86. The van der Waals surface area contributed by atoms with Gasteiger partial charge in [0.15, 0.2) is 0 Å². The normalized spacial score (nSPS) is 15.7. The van der Waals surface area contributed by atoms with Crippen LogP contribution in [0.2, 0.25) is 0 Å². The van der Waals surface area contributed by atoms with Crippen molar-refractivity contribution in [2.75, 3.05) is 20.3 Å². The Balaban J connectivity index is 0.00000242. The van der Waals surface area contributed by atoms with Crippen molar-refractivity contribution in [3.63, 3.8) is 0 Å². The molecule has 1 aromatic carbocycles. The predicted molar refractivity (Wildman–Crippen MR) is 88.8 cm³/mol. The number of ether oxygens (including phenoxy) is 2. The molecular formula is C16H25ClN2O3. The van der Waals surface area contributed by atoms with Crippen molar-refractivity contribution in [1.82, 2.24) is 5.32 Å². The number of methoxy groups -OCH3 is 1. The largest absolute Gasteiger partial charge is 0.497 e. The topological polar surface area (TPSA) is 73.6 Å². The minimum absolute atomic E-state index is 0. The number of benzene rings is 1. The van der Waals surface area contributed by atoms with E-state index in [-0.39, 0.29) is 18.3 Å². The second-order valence-corrected chi connectivity index (χ2v) is 5.50. The number of carbonyl (C=O) groups is 1. The lowest BCUT2D eigenvalue weighted by Gasteiger charge is -2.22. The molecule has 1 saturated carbocycles. The SMILES string of the molecule is COc1ccc(OCCCNC(=O)C2(N)CCCC2)cc1.Cl. The third kappa shape index (κ3) is 5.07. The van der Waals surface area contributed by atoms with Crippen LogP contribution in [0.1, 0.15) is 32.1 Å². The maximum absolute atomic E-state index is 12.0. The van der Waals surface area contributed by atoms with Crippen LogP contribution in [-0.4, -0.2) is 31.7 Å². The average molecular weight is 329 g/mol. The number of halogens is 1. The van der Waals surface area contributed by atoms with E-state index in [9.17, 15) is 4.79 Å². The van der Waals surface area contributed by atoms with Gasteiger partial charge >= 0.3 is 0 Å². The summed E-state index contributed by atoms with van der Waals surface area (Å²) in [6.07, 6.45) is 4.44. The summed E-state index contributed by atoms with van der Waals surface area (Å²) in [7, 11) is 1.63. The second kappa shape index (κ2) is 8.86. The van der Waals surface area contributed by atoms with E-state index in [1.165, 1.54) is 0 Å². The van der Waals surface area contributed by atoms with Crippen molar-refractivity contribution in [2.24, 2.45) is 5.73 Å². The highest BCUT2D eigenvalue weighted by atomic mass is 35.5. The highest BCUT2D eigenvalue weighted by Crippen LogP contribution is 2.27. The minimum atomic E-state index is -0.642.